The number of rotatable bonds is 34. The van der Waals surface area contributed by atoms with Gasteiger partial charge in [-0.15, -0.1) is 0 Å². The highest BCUT2D eigenvalue weighted by molar-refractivity contribution is 14.1. The molecule has 0 spiro atoms. The van der Waals surface area contributed by atoms with E-state index in [9.17, 15) is 0 Å². The molecule has 0 heterocycles. The molecule has 0 atom stereocenters. The number of halogens is 2. The molecule has 0 saturated heterocycles. The van der Waals surface area contributed by atoms with Crippen molar-refractivity contribution < 1.29 is 43.0 Å². The third-order valence-corrected chi connectivity index (χ3v) is 10.3. The number of ether oxygens (including phenoxy) is 8. The molecule has 0 saturated carbocycles. The normalized spacial score (nSPS) is 10.7. The number of aliphatic hydroxyl groups excluding tert-OH is 1. The van der Waals surface area contributed by atoms with Crippen molar-refractivity contribution in [3.63, 3.8) is 0 Å². The topological polar surface area (TPSA) is 94.1 Å². The first-order chi connectivity index (χ1) is 26.1. The summed E-state index contributed by atoms with van der Waals surface area (Å²) in [6.07, 6.45) is 14.8. The SMILES string of the molecule is CCCCCCOCCOCCO.CCCCCCOCCOCCOc1ccccc1OCCOCCOCCCCCC.Ic1ccccc1I. The molecule has 53 heavy (non-hydrogen) atoms. The van der Waals surface area contributed by atoms with Gasteiger partial charge in [-0.05, 0) is 88.7 Å². The molecule has 0 radical (unpaired) electrons. The van der Waals surface area contributed by atoms with E-state index in [1.807, 2.05) is 36.4 Å². The van der Waals surface area contributed by atoms with E-state index in [4.69, 9.17) is 43.0 Å². The van der Waals surface area contributed by atoms with E-state index in [0.29, 0.717) is 72.7 Å². The lowest BCUT2D eigenvalue weighted by atomic mass is 10.2. The fourth-order valence-electron chi connectivity index (χ4n) is 4.47. The van der Waals surface area contributed by atoms with Gasteiger partial charge in [-0.25, -0.2) is 0 Å². The second kappa shape index (κ2) is 43.9. The van der Waals surface area contributed by atoms with Gasteiger partial charge < -0.3 is 43.0 Å². The van der Waals surface area contributed by atoms with E-state index in [0.717, 1.165) is 50.6 Å². The van der Waals surface area contributed by atoms with Crippen LogP contribution in [0.3, 0.4) is 0 Å². The van der Waals surface area contributed by atoms with Crippen LogP contribution in [-0.4, -0.2) is 104 Å². The molecule has 0 aliphatic rings. The maximum atomic E-state index is 8.40. The van der Waals surface area contributed by atoms with Crippen molar-refractivity contribution in [2.75, 3.05) is 99.1 Å². The highest BCUT2D eigenvalue weighted by atomic mass is 127. The number of hydrogen-bond acceptors (Lipinski definition) is 9. The maximum absolute atomic E-state index is 8.40. The molecule has 2 aromatic rings. The van der Waals surface area contributed by atoms with Gasteiger partial charge in [0.15, 0.2) is 11.5 Å². The Balaban J connectivity index is 0.00000104. The average molecular weight is 975 g/mol. The van der Waals surface area contributed by atoms with Crippen LogP contribution in [0.5, 0.6) is 11.5 Å². The van der Waals surface area contributed by atoms with Crippen molar-refractivity contribution in [1.82, 2.24) is 0 Å². The van der Waals surface area contributed by atoms with Crippen molar-refractivity contribution >= 4 is 45.2 Å². The molecule has 308 valence electrons. The predicted octanol–water partition coefficient (Wildman–Crippen LogP) is 10.2. The molecule has 9 nitrogen and oxygen atoms in total. The molecule has 2 rings (SSSR count). The van der Waals surface area contributed by atoms with Crippen LogP contribution in [-0.2, 0) is 28.4 Å². The lowest BCUT2D eigenvalue weighted by molar-refractivity contribution is 0.0321. The third kappa shape index (κ3) is 37.9. The standard InChI is InChI=1S/C26H46O6.C10H22O3.C6H4I2/c1-3-5-7-11-15-27-17-19-29-21-23-31-25-13-9-10-14-26(25)32-24-22-30-20-18-28-16-12-8-6-4-2;1-2-3-4-5-7-12-9-10-13-8-6-11;7-5-3-1-2-4-6(5)8/h9-10,13-14H,3-8,11-12,15-24H2,1-2H3;11H,2-10H2,1H3;1-4H. The van der Waals surface area contributed by atoms with E-state index in [1.54, 1.807) is 0 Å². The smallest absolute Gasteiger partial charge is 0.161 e. The van der Waals surface area contributed by atoms with Crippen LogP contribution in [0.2, 0.25) is 0 Å². The van der Waals surface area contributed by atoms with Crippen LogP contribution in [0.1, 0.15) is 97.8 Å². The summed E-state index contributed by atoms with van der Waals surface area (Å²) in [6, 6.07) is 16.0. The molecular formula is C42H72I2O9. The van der Waals surface area contributed by atoms with Gasteiger partial charge in [-0.2, -0.15) is 0 Å². The second-order valence-corrected chi connectivity index (χ2v) is 14.5. The summed E-state index contributed by atoms with van der Waals surface area (Å²) >= 11 is 4.63. The van der Waals surface area contributed by atoms with Gasteiger partial charge in [0.25, 0.3) is 0 Å². The molecule has 1 N–H and O–H groups in total. The molecule has 11 heteroatoms. The molecule has 0 bridgehead atoms. The second-order valence-electron chi connectivity index (χ2n) is 12.1. The minimum atomic E-state index is 0.0938. The Bertz CT molecular complexity index is 927. The average Bonchev–Trinajstić information content (AvgIpc) is 3.17. The Morgan fingerprint density at radius 1 is 0.377 bits per heavy atom. The molecule has 0 unspecified atom stereocenters. The minimum absolute atomic E-state index is 0.0938. The fourth-order valence-corrected chi connectivity index (χ4v) is 5.25. The maximum Gasteiger partial charge on any atom is 0.161 e. The predicted molar refractivity (Wildman–Crippen MR) is 234 cm³/mol. The van der Waals surface area contributed by atoms with E-state index in [-0.39, 0.29) is 6.61 Å². The van der Waals surface area contributed by atoms with E-state index < -0.39 is 0 Å². The summed E-state index contributed by atoms with van der Waals surface area (Å²) in [4.78, 5) is 0. The van der Waals surface area contributed by atoms with Crippen molar-refractivity contribution in [2.45, 2.75) is 97.8 Å². The lowest BCUT2D eigenvalue weighted by Gasteiger charge is -2.13. The zero-order valence-corrected chi connectivity index (χ0v) is 37.5. The van der Waals surface area contributed by atoms with Crippen LogP contribution in [0.25, 0.3) is 0 Å². The summed E-state index contributed by atoms with van der Waals surface area (Å²) < 4.78 is 46.9. The highest BCUT2D eigenvalue weighted by Gasteiger charge is 2.04. The minimum Gasteiger partial charge on any atom is -0.487 e. The van der Waals surface area contributed by atoms with E-state index in [2.05, 4.69) is 78.1 Å². The van der Waals surface area contributed by atoms with E-state index >= 15 is 0 Å². The number of unbranched alkanes of at least 4 members (excludes halogenated alkanes) is 9. The Hall–Kier alpha value is -0.780. The van der Waals surface area contributed by atoms with Crippen molar-refractivity contribution in [3.8, 4) is 11.5 Å². The zero-order chi connectivity index (χ0) is 38.7. The Morgan fingerprint density at radius 2 is 0.679 bits per heavy atom. The first-order valence-corrected chi connectivity index (χ1v) is 22.1. The third-order valence-electron chi connectivity index (χ3n) is 7.42. The summed E-state index contributed by atoms with van der Waals surface area (Å²) in [5, 5.41) is 8.40. The molecule has 0 aliphatic carbocycles. The Morgan fingerprint density at radius 3 is 1.00 bits per heavy atom. The Labute approximate surface area is 350 Å². The summed E-state index contributed by atoms with van der Waals surface area (Å²) in [5.41, 5.74) is 0. The summed E-state index contributed by atoms with van der Waals surface area (Å²) in [5.74, 6) is 1.44. The van der Waals surface area contributed by atoms with Crippen LogP contribution in [0.15, 0.2) is 48.5 Å². The number of hydrogen-bond donors (Lipinski definition) is 1. The van der Waals surface area contributed by atoms with E-state index in [1.165, 1.54) is 64.9 Å². The molecular weight excluding hydrogens is 902 g/mol. The quantitative estimate of drug-likeness (QED) is 0.0544. The summed E-state index contributed by atoms with van der Waals surface area (Å²) in [7, 11) is 0. The van der Waals surface area contributed by atoms with Gasteiger partial charge in [0.1, 0.15) is 13.2 Å². The number of aliphatic hydroxyl groups is 1. The van der Waals surface area contributed by atoms with Crippen molar-refractivity contribution in [2.24, 2.45) is 0 Å². The molecule has 0 amide bonds. The molecule has 0 aromatic heterocycles. The van der Waals surface area contributed by atoms with Crippen LogP contribution in [0.4, 0.5) is 0 Å². The first-order valence-electron chi connectivity index (χ1n) is 19.9. The monoisotopic (exact) mass is 974 g/mol. The zero-order valence-electron chi connectivity index (χ0n) is 33.2. The fraction of sp³-hybridized carbons (Fsp3) is 0.714. The van der Waals surface area contributed by atoms with Gasteiger partial charge in [0.2, 0.25) is 0 Å². The van der Waals surface area contributed by atoms with Crippen LogP contribution < -0.4 is 9.47 Å². The molecule has 2 aromatic carbocycles. The van der Waals surface area contributed by atoms with Crippen molar-refractivity contribution in [1.29, 1.82) is 0 Å². The summed E-state index contributed by atoms with van der Waals surface area (Å²) in [6.45, 7) is 15.3. The van der Waals surface area contributed by atoms with Gasteiger partial charge in [0, 0.05) is 27.0 Å². The first kappa shape index (κ1) is 52.2. The Kier molecular flexibility index (Phi) is 43.3. The number of benzene rings is 2. The van der Waals surface area contributed by atoms with Crippen LogP contribution in [0, 0.1) is 7.14 Å². The number of para-hydroxylation sites is 2. The van der Waals surface area contributed by atoms with Crippen molar-refractivity contribution in [3.05, 3.63) is 55.7 Å². The van der Waals surface area contributed by atoms with Gasteiger partial charge in [-0.1, -0.05) is 103 Å². The highest BCUT2D eigenvalue weighted by Crippen LogP contribution is 2.26. The van der Waals surface area contributed by atoms with Gasteiger partial charge in [0.05, 0.1) is 66.1 Å². The molecule has 0 aliphatic heterocycles. The lowest BCUT2D eigenvalue weighted by Crippen LogP contribution is -2.13. The largest absolute Gasteiger partial charge is 0.487 e. The van der Waals surface area contributed by atoms with Gasteiger partial charge >= 0.3 is 0 Å². The van der Waals surface area contributed by atoms with Gasteiger partial charge in [-0.3, -0.25) is 0 Å². The van der Waals surface area contributed by atoms with Crippen LogP contribution >= 0.6 is 45.2 Å². The molecule has 0 fully saturated rings.